The molecule has 0 aliphatic rings. The predicted molar refractivity (Wildman–Crippen MR) is 121 cm³/mol. The highest BCUT2D eigenvalue weighted by atomic mass is 127. The van der Waals surface area contributed by atoms with Gasteiger partial charge in [-0.1, -0.05) is 18.2 Å². The summed E-state index contributed by atoms with van der Waals surface area (Å²) in [5.74, 6) is 1.80. The number of thiazole rings is 1. The Bertz CT molecular complexity index is 703. The summed E-state index contributed by atoms with van der Waals surface area (Å²) in [6.45, 7) is 11.1. The average molecular weight is 488 g/mol. The van der Waals surface area contributed by atoms with Gasteiger partial charge in [0.05, 0.1) is 23.9 Å². The molecule has 0 radical (unpaired) electrons. The molecule has 26 heavy (non-hydrogen) atoms. The van der Waals surface area contributed by atoms with E-state index in [1.807, 2.05) is 39.0 Å². The molecule has 0 unspecified atom stereocenters. The van der Waals surface area contributed by atoms with Gasteiger partial charge in [-0.3, -0.25) is 0 Å². The molecule has 7 heteroatoms. The van der Waals surface area contributed by atoms with Crippen LogP contribution in [0.1, 0.15) is 35.0 Å². The van der Waals surface area contributed by atoms with Crippen LogP contribution in [0.2, 0.25) is 0 Å². The van der Waals surface area contributed by atoms with Crippen molar-refractivity contribution in [1.82, 2.24) is 15.6 Å². The van der Waals surface area contributed by atoms with E-state index in [9.17, 15) is 0 Å². The van der Waals surface area contributed by atoms with Gasteiger partial charge in [0, 0.05) is 18.0 Å². The first kappa shape index (κ1) is 22.7. The normalized spacial score (nSPS) is 11.0. The molecule has 1 aromatic heterocycles. The maximum absolute atomic E-state index is 5.68. The Hall–Kier alpha value is -1.35. The highest BCUT2D eigenvalue weighted by Crippen LogP contribution is 2.19. The van der Waals surface area contributed by atoms with Crippen LogP contribution in [0.5, 0.6) is 5.75 Å². The van der Waals surface area contributed by atoms with E-state index in [1.54, 1.807) is 11.3 Å². The zero-order valence-corrected chi connectivity index (χ0v) is 19.1. The highest BCUT2D eigenvalue weighted by Gasteiger charge is 2.06. The zero-order chi connectivity index (χ0) is 18.1. The number of guanidine groups is 1. The number of halogens is 1. The fraction of sp³-hybridized carbons (Fsp3) is 0.474. The van der Waals surface area contributed by atoms with Crippen LogP contribution in [-0.2, 0) is 13.0 Å². The first-order valence-corrected chi connectivity index (χ1v) is 9.61. The standard InChI is InChI=1S/C19H28N4OS.HI/c1-5-20-19(22-13-18-14(3)23-15(4)25-18)21-12-11-16-9-7-8-10-17(16)24-6-2;/h7-10H,5-6,11-13H2,1-4H3,(H2,20,21,22);1H. The second-order valence-electron chi connectivity index (χ2n) is 5.65. The fourth-order valence-corrected chi connectivity index (χ4v) is 3.40. The molecule has 2 rings (SSSR count). The Morgan fingerprint density at radius 3 is 2.62 bits per heavy atom. The number of aliphatic imine (C=N–C) groups is 1. The largest absolute Gasteiger partial charge is 0.494 e. The van der Waals surface area contributed by atoms with Crippen LogP contribution in [0.4, 0.5) is 0 Å². The molecule has 1 aromatic carbocycles. The molecule has 0 bridgehead atoms. The first-order valence-electron chi connectivity index (χ1n) is 8.79. The SMILES string of the molecule is CCNC(=NCc1sc(C)nc1C)NCCc1ccccc1OCC.I. The number of ether oxygens (including phenoxy) is 1. The van der Waals surface area contributed by atoms with Crippen LogP contribution < -0.4 is 15.4 Å². The number of nitrogens with one attached hydrogen (secondary N) is 2. The summed E-state index contributed by atoms with van der Waals surface area (Å²) in [5, 5.41) is 7.79. The maximum Gasteiger partial charge on any atom is 0.191 e. The van der Waals surface area contributed by atoms with Gasteiger partial charge >= 0.3 is 0 Å². The minimum atomic E-state index is 0. The van der Waals surface area contributed by atoms with E-state index in [-0.39, 0.29) is 24.0 Å². The molecule has 0 fully saturated rings. The third-order valence-corrected chi connectivity index (χ3v) is 4.74. The van der Waals surface area contributed by atoms with E-state index >= 15 is 0 Å². The summed E-state index contributed by atoms with van der Waals surface area (Å²) in [4.78, 5) is 10.4. The van der Waals surface area contributed by atoms with Crippen LogP contribution in [0.3, 0.4) is 0 Å². The highest BCUT2D eigenvalue weighted by molar-refractivity contribution is 14.0. The van der Waals surface area contributed by atoms with Crippen molar-refractivity contribution in [3.05, 3.63) is 45.4 Å². The molecule has 0 atom stereocenters. The van der Waals surface area contributed by atoms with Crippen LogP contribution in [0, 0.1) is 13.8 Å². The van der Waals surface area contributed by atoms with Gasteiger partial charge < -0.3 is 15.4 Å². The van der Waals surface area contributed by atoms with Crippen molar-refractivity contribution in [3.8, 4) is 5.75 Å². The molecule has 0 saturated carbocycles. The lowest BCUT2D eigenvalue weighted by Crippen LogP contribution is -2.38. The molecule has 1 heterocycles. The Balaban J connectivity index is 0.00000338. The smallest absolute Gasteiger partial charge is 0.191 e. The lowest BCUT2D eigenvalue weighted by atomic mass is 10.1. The first-order chi connectivity index (χ1) is 12.1. The molecule has 144 valence electrons. The third-order valence-electron chi connectivity index (χ3n) is 3.68. The van der Waals surface area contributed by atoms with Gasteiger partial charge in [0.25, 0.3) is 0 Å². The number of rotatable bonds is 8. The van der Waals surface area contributed by atoms with E-state index in [1.165, 1.54) is 10.4 Å². The lowest BCUT2D eigenvalue weighted by molar-refractivity contribution is 0.336. The van der Waals surface area contributed by atoms with Gasteiger partial charge in [0.15, 0.2) is 5.96 Å². The molecule has 2 aromatic rings. The Morgan fingerprint density at radius 2 is 1.96 bits per heavy atom. The van der Waals surface area contributed by atoms with E-state index in [0.717, 1.165) is 41.9 Å². The van der Waals surface area contributed by atoms with Crippen molar-refractivity contribution in [2.75, 3.05) is 19.7 Å². The minimum absolute atomic E-state index is 0. The van der Waals surface area contributed by atoms with Gasteiger partial charge in [0.1, 0.15) is 5.75 Å². The van der Waals surface area contributed by atoms with Crippen molar-refractivity contribution < 1.29 is 4.74 Å². The number of hydrogen-bond acceptors (Lipinski definition) is 4. The summed E-state index contributed by atoms with van der Waals surface area (Å²) >= 11 is 1.71. The molecule has 2 N–H and O–H groups in total. The van der Waals surface area contributed by atoms with Gasteiger partial charge in [0.2, 0.25) is 0 Å². The van der Waals surface area contributed by atoms with Crippen LogP contribution in [0.25, 0.3) is 0 Å². The van der Waals surface area contributed by atoms with Gasteiger partial charge in [-0.2, -0.15) is 0 Å². The molecular weight excluding hydrogens is 459 g/mol. The number of nitrogens with zero attached hydrogens (tertiary/aromatic N) is 2. The second-order valence-corrected chi connectivity index (χ2v) is 6.94. The van der Waals surface area contributed by atoms with E-state index in [4.69, 9.17) is 4.74 Å². The maximum atomic E-state index is 5.68. The Morgan fingerprint density at radius 1 is 1.19 bits per heavy atom. The Labute approximate surface area is 177 Å². The molecule has 0 spiro atoms. The van der Waals surface area contributed by atoms with Crippen molar-refractivity contribution in [2.24, 2.45) is 4.99 Å². The van der Waals surface area contributed by atoms with E-state index in [2.05, 4.69) is 33.6 Å². The predicted octanol–water partition coefficient (Wildman–Crippen LogP) is 4.07. The van der Waals surface area contributed by atoms with Crippen LogP contribution in [-0.4, -0.2) is 30.6 Å². The third kappa shape index (κ3) is 7.11. The van der Waals surface area contributed by atoms with E-state index in [0.29, 0.717) is 13.2 Å². The summed E-state index contributed by atoms with van der Waals surface area (Å²) in [5.41, 5.74) is 2.29. The van der Waals surface area contributed by atoms with Crippen molar-refractivity contribution >= 4 is 41.3 Å². The monoisotopic (exact) mass is 488 g/mol. The number of hydrogen-bond donors (Lipinski definition) is 2. The Kier molecular flexibility index (Phi) is 10.6. The van der Waals surface area contributed by atoms with Gasteiger partial charge in [-0.25, -0.2) is 9.98 Å². The van der Waals surface area contributed by atoms with Crippen molar-refractivity contribution in [3.63, 3.8) is 0 Å². The molecule has 0 saturated heterocycles. The molecule has 0 aliphatic carbocycles. The number of para-hydroxylation sites is 1. The van der Waals surface area contributed by atoms with Gasteiger partial charge in [-0.15, -0.1) is 35.3 Å². The molecular formula is C19H29IN4OS. The summed E-state index contributed by atoms with van der Waals surface area (Å²) in [6.07, 6.45) is 0.888. The molecule has 5 nitrogen and oxygen atoms in total. The van der Waals surface area contributed by atoms with Crippen LogP contribution >= 0.6 is 35.3 Å². The fourth-order valence-electron chi connectivity index (χ4n) is 2.54. The number of benzene rings is 1. The zero-order valence-electron chi connectivity index (χ0n) is 16.0. The number of aryl methyl sites for hydroxylation is 2. The summed E-state index contributed by atoms with van der Waals surface area (Å²) in [7, 11) is 0. The van der Waals surface area contributed by atoms with Crippen molar-refractivity contribution in [2.45, 2.75) is 40.7 Å². The average Bonchev–Trinajstić information content (AvgIpc) is 2.92. The molecule has 0 amide bonds. The van der Waals surface area contributed by atoms with Gasteiger partial charge in [-0.05, 0) is 45.7 Å². The lowest BCUT2D eigenvalue weighted by Gasteiger charge is -2.13. The van der Waals surface area contributed by atoms with E-state index < -0.39 is 0 Å². The quantitative estimate of drug-likeness (QED) is 0.334. The topological polar surface area (TPSA) is 58.5 Å². The minimum Gasteiger partial charge on any atom is -0.494 e. The van der Waals surface area contributed by atoms with Crippen LogP contribution in [0.15, 0.2) is 29.3 Å². The number of aromatic nitrogens is 1. The van der Waals surface area contributed by atoms with Crippen molar-refractivity contribution in [1.29, 1.82) is 0 Å². The molecule has 0 aliphatic heterocycles. The summed E-state index contributed by atoms with van der Waals surface area (Å²) < 4.78 is 5.68. The summed E-state index contributed by atoms with van der Waals surface area (Å²) in [6, 6.07) is 8.19. The second kappa shape index (κ2) is 12.1.